The van der Waals surface area contributed by atoms with Crippen LogP contribution >= 0.6 is 0 Å². The first kappa shape index (κ1) is 23.1. The van der Waals surface area contributed by atoms with Crippen molar-refractivity contribution in [3.05, 3.63) is 35.9 Å². The largest absolute Gasteiger partial charge is 0.465 e. The highest BCUT2D eigenvalue weighted by Gasteiger charge is 2.34. The third-order valence-corrected chi connectivity index (χ3v) is 6.38. The maximum Gasteiger partial charge on any atom is 0.405 e. The fourth-order valence-corrected chi connectivity index (χ4v) is 4.64. The topological polar surface area (TPSA) is 142 Å². The van der Waals surface area contributed by atoms with Crippen molar-refractivity contribution in [3.8, 4) is 0 Å². The Morgan fingerprint density at radius 1 is 1.24 bits per heavy atom. The summed E-state index contributed by atoms with van der Waals surface area (Å²) in [4.78, 5) is 25.8. The number of sulfonamides is 1. The van der Waals surface area contributed by atoms with Crippen molar-refractivity contribution >= 4 is 22.0 Å². The van der Waals surface area contributed by atoms with E-state index in [4.69, 9.17) is 10.8 Å². The van der Waals surface area contributed by atoms with Gasteiger partial charge >= 0.3 is 6.09 Å². The lowest BCUT2D eigenvalue weighted by molar-refractivity contribution is -0.134. The van der Waals surface area contributed by atoms with Crippen molar-refractivity contribution in [1.82, 2.24) is 14.9 Å². The second-order valence-corrected chi connectivity index (χ2v) is 9.11. The van der Waals surface area contributed by atoms with E-state index < -0.39 is 22.2 Å². The van der Waals surface area contributed by atoms with Gasteiger partial charge in [-0.3, -0.25) is 4.79 Å². The summed E-state index contributed by atoms with van der Waals surface area (Å²) in [6.45, 7) is 1.05. The molecule has 0 radical (unpaired) electrons. The summed E-state index contributed by atoms with van der Waals surface area (Å²) < 4.78 is 26.8. The number of amides is 2. The SMILES string of the molecule is NCCCCS(=O)(=O)NC[C@H]1CCCN1C(=O)[C@H](Cc1ccccc1)NC(=O)O. The Balaban J connectivity index is 2.00. The van der Waals surface area contributed by atoms with Gasteiger partial charge in [0.15, 0.2) is 0 Å². The first-order valence-electron chi connectivity index (χ1n) is 9.83. The van der Waals surface area contributed by atoms with Crippen LogP contribution in [0.5, 0.6) is 0 Å². The normalized spacial score (nSPS) is 17.8. The second kappa shape index (κ2) is 11.1. The number of nitrogens with zero attached hydrogens (tertiary/aromatic N) is 1. The molecule has 1 saturated heterocycles. The molecule has 1 aromatic carbocycles. The molecule has 1 aliphatic heterocycles. The number of carbonyl (C=O) groups is 2. The molecule has 29 heavy (non-hydrogen) atoms. The Hall–Kier alpha value is -2.17. The Morgan fingerprint density at radius 3 is 2.62 bits per heavy atom. The molecule has 2 rings (SSSR count). The minimum absolute atomic E-state index is 0.00205. The highest BCUT2D eigenvalue weighted by molar-refractivity contribution is 7.89. The van der Waals surface area contributed by atoms with Crippen LogP contribution in [0.1, 0.15) is 31.2 Å². The van der Waals surface area contributed by atoms with Crippen molar-refractivity contribution in [2.75, 3.05) is 25.4 Å². The van der Waals surface area contributed by atoms with Crippen molar-refractivity contribution in [2.24, 2.45) is 5.73 Å². The average molecular weight is 427 g/mol. The molecule has 2 atom stereocenters. The van der Waals surface area contributed by atoms with Gasteiger partial charge in [0.25, 0.3) is 0 Å². The number of hydrogen-bond acceptors (Lipinski definition) is 5. The predicted octanol–water partition coefficient (Wildman–Crippen LogP) is 0.515. The number of benzene rings is 1. The number of rotatable bonds is 11. The van der Waals surface area contributed by atoms with Crippen LogP contribution < -0.4 is 15.8 Å². The maximum absolute atomic E-state index is 13.0. The highest BCUT2D eigenvalue weighted by atomic mass is 32.2. The van der Waals surface area contributed by atoms with Crippen molar-refractivity contribution < 1.29 is 23.1 Å². The first-order valence-corrected chi connectivity index (χ1v) is 11.5. The molecule has 5 N–H and O–H groups in total. The highest BCUT2D eigenvalue weighted by Crippen LogP contribution is 2.19. The van der Waals surface area contributed by atoms with Crippen LogP contribution in [0.3, 0.4) is 0 Å². The van der Waals surface area contributed by atoms with E-state index in [1.54, 1.807) is 4.90 Å². The van der Waals surface area contributed by atoms with Gasteiger partial charge in [0.1, 0.15) is 6.04 Å². The number of nitrogens with two attached hydrogens (primary N) is 1. The molecule has 1 heterocycles. The van der Waals surface area contributed by atoms with Gasteiger partial charge in [0.05, 0.1) is 5.75 Å². The predicted molar refractivity (Wildman–Crippen MR) is 110 cm³/mol. The van der Waals surface area contributed by atoms with Crippen LogP contribution in [0.15, 0.2) is 30.3 Å². The third kappa shape index (κ3) is 7.64. The zero-order valence-corrected chi connectivity index (χ0v) is 17.2. The van der Waals surface area contributed by atoms with E-state index >= 15 is 0 Å². The monoisotopic (exact) mass is 426 g/mol. The lowest BCUT2D eigenvalue weighted by Gasteiger charge is -2.29. The van der Waals surface area contributed by atoms with E-state index in [1.165, 1.54) is 0 Å². The lowest BCUT2D eigenvalue weighted by Crippen LogP contribution is -2.52. The van der Waals surface area contributed by atoms with Crippen molar-refractivity contribution in [1.29, 1.82) is 0 Å². The first-order chi connectivity index (χ1) is 13.8. The molecule has 0 aromatic heterocycles. The third-order valence-electron chi connectivity index (χ3n) is 4.94. The zero-order chi connectivity index (χ0) is 21.3. The quantitative estimate of drug-likeness (QED) is 0.380. The molecular weight excluding hydrogens is 396 g/mol. The van der Waals surface area contributed by atoms with Gasteiger partial charge in [-0.1, -0.05) is 30.3 Å². The van der Waals surface area contributed by atoms with Crippen LogP contribution in [0.4, 0.5) is 4.79 Å². The molecule has 0 spiro atoms. The van der Waals surface area contributed by atoms with E-state index in [-0.39, 0.29) is 30.7 Å². The van der Waals surface area contributed by atoms with Gasteiger partial charge in [-0.15, -0.1) is 0 Å². The summed E-state index contributed by atoms with van der Waals surface area (Å²) in [5, 5.41) is 11.5. The Labute approximate surface area is 171 Å². The minimum atomic E-state index is -3.43. The van der Waals surface area contributed by atoms with E-state index in [9.17, 15) is 18.0 Å². The molecule has 1 aromatic rings. The molecule has 1 fully saturated rings. The fourth-order valence-electron chi connectivity index (χ4n) is 3.47. The molecule has 0 aliphatic carbocycles. The van der Waals surface area contributed by atoms with Crippen LogP contribution in [-0.2, 0) is 21.2 Å². The standard InChI is InChI=1S/C19H30N4O5S/c20-10-4-5-12-29(27,28)21-14-16-9-6-11-23(16)18(24)17(22-19(25)26)13-15-7-2-1-3-8-15/h1-3,7-8,16-17,21-22H,4-6,9-14,20H2,(H,25,26)/t16-,17+/m1/s1. The van der Waals surface area contributed by atoms with E-state index in [1.807, 2.05) is 30.3 Å². The minimum Gasteiger partial charge on any atom is -0.465 e. The van der Waals surface area contributed by atoms with Gasteiger partial charge in [-0.25, -0.2) is 17.9 Å². The number of nitrogens with one attached hydrogen (secondary N) is 2. The van der Waals surface area contributed by atoms with E-state index in [0.29, 0.717) is 32.4 Å². The van der Waals surface area contributed by atoms with Crippen molar-refractivity contribution in [2.45, 2.75) is 44.2 Å². The summed E-state index contributed by atoms with van der Waals surface area (Å²) in [7, 11) is -3.43. The molecule has 0 unspecified atom stereocenters. The van der Waals surface area contributed by atoms with Crippen LogP contribution in [0, 0.1) is 0 Å². The number of hydrogen-bond donors (Lipinski definition) is 4. The molecule has 0 bridgehead atoms. The summed E-state index contributed by atoms with van der Waals surface area (Å²) in [5.74, 6) is -0.330. The van der Waals surface area contributed by atoms with Gasteiger partial charge in [0.2, 0.25) is 15.9 Å². The summed E-state index contributed by atoms with van der Waals surface area (Å²) >= 11 is 0. The fraction of sp³-hybridized carbons (Fsp3) is 0.579. The summed E-state index contributed by atoms with van der Waals surface area (Å²) in [5.41, 5.74) is 6.24. The zero-order valence-electron chi connectivity index (χ0n) is 16.4. The molecule has 1 aliphatic rings. The van der Waals surface area contributed by atoms with Gasteiger partial charge < -0.3 is 21.1 Å². The number of carboxylic acid groups (broad SMARTS) is 1. The van der Waals surface area contributed by atoms with Crippen molar-refractivity contribution in [3.63, 3.8) is 0 Å². The van der Waals surface area contributed by atoms with E-state index in [0.717, 1.165) is 12.0 Å². The lowest BCUT2D eigenvalue weighted by atomic mass is 10.0. The molecule has 2 amide bonds. The molecule has 10 heteroatoms. The van der Waals surface area contributed by atoms with Gasteiger partial charge in [0, 0.05) is 25.6 Å². The van der Waals surface area contributed by atoms with Crippen LogP contribution in [0.25, 0.3) is 0 Å². The Kier molecular flexibility index (Phi) is 8.87. The Bertz CT molecular complexity index is 772. The molecular formula is C19H30N4O5S. The molecule has 162 valence electrons. The van der Waals surface area contributed by atoms with Gasteiger partial charge in [-0.05, 0) is 37.8 Å². The number of carbonyl (C=O) groups excluding carboxylic acids is 1. The molecule has 9 nitrogen and oxygen atoms in total. The van der Waals surface area contributed by atoms with Crippen LogP contribution in [-0.4, -0.2) is 67.9 Å². The maximum atomic E-state index is 13.0. The average Bonchev–Trinajstić information content (AvgIpc) is 3.15. The van der Waals surface area contributed by atoms with Crippen LogP contribution in [0.2, 0.25) is 0 Å². The van der Waals surface area contributed by atoms with Gasteiger partial charge in [-0.2, -0.15) is 0 Å². The summed E-state index contributed by atoms with van der Waals surface area (Å²) in [6.07, 6.45) is 1.51. The summed E-state index contributed by atoms with van der Waals surface area (Å²) in [6, 6.07) is 7.96. The number of likely N-dealkylation sites (tertiary alicyclic amines) is 1. The molecule has 0 saturated carbocycles. The smallest absolute Gasteiger partial charge is 0.405 e. The Morgan fingerprint density at radius 2 is 1.97 bits per heavy atom. The second-order valence-electron chi connectivity index (χ2n) is 7.18. The number of unbranched alkanes of at least 4 members (excludes halogenated alkanes) is 1. The van der Waals surface area contributed by atoms with E-state index in [2.05, 4.69) is 10.0 Å².